The van der Waals surface area contributed by atoms with Crippen molar-refractivity contribution >= 4 is 39.9 Å². The van der Waals surface area contributed by atoms with Crippen LogP contribution in [-0.4, -0.2) is 22.7 Å². The molecule has 8 nitrogen and oxygen atoms in total. The molecule has 0 bridgehead atoms. The minimum absolute atomic E-state index is 0.168. The fraction of sp³-hybridized carbons (Fsp3) is 0.0588. The molecule has 0 aliphatic heterocycles. The Morgan fingerprint density at radius 1 is 1.15 bits per heavy atom. The molecule has 4 N–H and O–H groups in total. The number of hydrogen-bond acceptors (Lipinski definition) is 6. The first kappa shape index (κ1) is 17.4. The first-order chi connectivity index (χ1) is 12.4. The Bertz CT molecular complexity index is 979. The van der Waals surface area contributed by atoms with Gasteiger partial charge < -0.3 is 15.5 Å². The number of thiazole rings is 1. The first-order valence-electron chi connectivity index (χ1n) is 7.46. The van der Waals surface area contributed by atoms with Crippen LogP contribution in [0.1, 0.15) is 36.1 Å². The zero-order chi connectivity index (χ0) is 18.7. The lowest BCUT2D eigenvalue weighted by molar-refractivity contribution is 0.0991. The van der Waals surface area contributed by atoms with E-state index in [1.54, 1.807) is 37.3 Å². The average molecular weight is 370 g/mol. The summed E-state index contributed by atoms with van der Waals surface area (Å²) in [7, 11) is 0. The zero-order valence-electron chi connectivity index (χ0n) is 13.6. The Kier molecular flexibility index (Phi) is 4.81. The zero-order valence-corrected chi connectivity index (χ0v) is 14.4. The molecule has 0 aliphatic carbocycles. The van der Waals surface area contributed by atoms with Crippen LogP contribution in [0.2, 0.25) is 0 Å². The summed E-state index contributed by atoms with van der Waals surface area (Å²) in [6.07, 6.45) is 2.70. The van der Waals surface area contributed by atoms with Crippen molar-refractivity contribution < 1.29 is 18.8 Å². The molecule has 0 unspecified atom stereocenters. The molecule has 0 radical (unpaired) electrons. The number of nitrogens with one attached hydrogen (secondary N) is 2. The molecule has 0 saturated heterocycles. The van der Waals surface area contributed by atoms with Gasteiger partial charge in [-0.15, -0.1) is 0 Å². The smallest absolute Gasteiger partial charge is 0.291 e. The fourth-order valence-corrected chi connectivity index (χ4v) is 2.77. The van der Waals surface area contributed by atoms with E-state index < -0.39 is 17.7 Å². The molecule has 3 amide bonds. The maximum absolute atomic E-state index is 12.4. The van der Waals surface area contributed by atoms with Crippen molar-refractivity contribution in [1.29, 1.82) is 0 Å². The van der Waals surface area contributed by atoms with E-state index in [2.05, 4.69) is 15.6 Å². The third kappa shape index (κ3) is 3.78. The molecule has 0 saturated carbocycles. The first-order valence-corrected chi connectivity index (χ1v) is 8.28. The van der Waals surface area contributed by atoms with E-state index in [0.717, 1.165) is 16.9 Å². The Labute approximate surface area is 152 Å². The lowest BCUT2D eigenvalue weighted by Crippen LogP contribution is -2.15. The van der Waals surface area contributed by atoms with E-state index in [0.29, 0.717) is 11.3 Å². The summed E-state index contributed by atoms with van der Waals surface area (Å²) in [4.78, 5) is 39.7. The van der Waals surface area contributed by atoms with Crippen molar-refractivity contribution in [2.24, 2.45) is 5.73 Å². The summed E-state index contributed by atoms with van der Waals surface area (Å²) in [5.41, 5.74) is 6.75. The minimum Gasteiger partial charge on any atom is -0.459 e. The molecule has 0 spiro atoms. The van der Waals surface area contributed by atoms with E-state index in [1.807, 2.05) is 0 Å². The number of amides is 3. The number of primary amides is 1. The van der Waals surface area contributed by atoms with Gasteiger partial charge in [-0.05, 0) is 36.8 Å². The monoisotopic (exact) mass is 370 g/mol. The van der Waals surface area contributed by atoms with Gasteiger partial charge in [0, 0.05) is 11.3 Å². The van der Waals surface area contributed by atoms with Crippen LogP contribution in [0.25, 0.3) is 0 Å². The maximum Gasteiger partial charge on any atom is 0.291 e. The molecule has 3 rings (SSSR count). The average Bonchev–Trinajstić information content (AvgIpc) is 3.28. The number of hydrogen-bond donors (Lipinski definition) is 3. The molecule has 0 fully saturated rings. The fourth-order valence-electron chi connectivity index (χ4n) is 2.10. The minimum atomic E-state index is -0.610. The number of aromatic nitrogens is 1. The van der Waals surface area contributed by atoms with Crippen LogP contribution < -0.4 is 16.4 Å². The maximum atomic E-state index is 12.4. The quantitative estimate of drug-likeness (QED) is 0.636. The van der Waals surface area contributed by atoms with Crippen LogP contribution in [0.3, 0.4) is 0 Å². The highest BCUT2D eigenvalue weighted by Crippen LogP contribution is 2.21. The number of nitrogens with two attached hydrogens (primary N) is 1. The van der Waals surface area contributed by atoms with Gasteiger partial charge in [0.15, 0.2) is 10.9 Å². The normalized spacial score (nSPS) is 10.3. The molecule has 9 heteroatoms. The molecular weight excluding hydrogens is 356 g/mol. The van der Waals surface area contributed by atoms with Crippen molar-refractivity contribution in [3.8, 4) is 0 Å². The number of aryl methyl sites for hydroxylation is 1. The second kappa shape index (κ2) is 7.19. The van der Waals surface area contributed by atoms with E-state index in [4.69, 9.17) is 10.2 Å². The summed E-state index contributed by atoms with van der Waals surface area (Å²) in [6, 6.07) is 8.04. The third-order valence-electron chi connectivity index (χ3n) is 3.46. The van der Waals surface area contributed by atoms with Crippen LogP contribution in [-0.2, 0) is 0 Å². The molecule has 0 aliphatic rings. The van der Waals surface area contributed by atoms with Crippen molar-refractivity contribution in [2.75, 3.05) is 10.6 Å². The predicted molar refractivity (Wildman–Crippen MR) is 96.4 cm³/mol. The van der Waals surface area contributed by atoms with Crippen LogP contribution >= 0.6 is 11.3 Å². The number of nitrogens with zero attached hydrogens (tertiary/aromatic N) is 1. The standard InChI is InChI=1S/C17H14N4O4S/c1-9-4-5-10(7-11(9)20-16(24)12-3-2-6-25-12)15(23)21-17-19-8-13(26-17)14(18)22/h2-8H,1H3,(H2,18,22)(H,20,24)(H,19,21,23). The van der Waals surface area contributed by atoms with Gasteiger partial charge in [-0.3, -0.25) is 19.7 Å². The Hall–Kier alpha value is -3.46. The van der Waals surface area contributed by atoms with Gasteiger partial charge in [0.05, 0.1) is 12.5 Å². The molecular formula is C17H14N4O4S. The van der Waals surface area contributed by atoms with Gasteiger partial charge in [-0.25, -0.2) is 4.98 Å². The summed E-state index contributed by atoms with van der Waals surface area (Å²) in [6.45, 7) is 1.80. The lowest BCUT2D eigenvalue weighted by Gasteiger charge is -2.09. The molecule has 2 aromatic heterocycles. The van der Waals surface area contributed by atoms with Crippen molar-refractivity contribution in [3.63, 3.8) is 0 Å². The van der Waals surface area contributed by atoms with Gasteiger partial charge in [-0.2, -0.15) is 0 Å². The van der Waals surface area contributed by atoms with E-state index in [-0.39, 0.29) is 15.8 Å². The Morgan fingerprint density at radius 3 is 2.62 bits per heavy atom. The highest BCUT2D eigenvalue weighted by Gasteiger charge is 2.15. The molecule has 1 aromatic carbocycles. The predicted octanol–water partition coefficient (Wildman–Crippen LogP) is 2.65. The second-order valence-electron chi connectivity index (χ2n) is 5.31. The van der Waals surface area contributed by atoms with Crippen LogP contribution in [0.15, 0.2) is 47.2 Å². The number of carbonyl (C=O) groups excluding carboxylic acids is 3. The molecule has 26 heavy (non-hydrogen) atoms. The third-order valence-corrected chi connectivity index (χ3v) is 4.39. The highest BCUT2D eigenvalue weighted by molar-refractivity contribution is 7.17. The number of anilines is 2. The van der Waals surface area contributed by atoms with Crippen molar-refractivity contribution in [2.45, 2.75) is 6.92 Å². The van der Waals surface area contributed by atoms with Gasteiger partial charge in [-0.1, -0.05) is 17.4 Å². The molecule has 0 atom stereocenters. The topological polar surface area (TPSA) is 127 Å². The summed E-state index contributed by atoms with van der Waals surface area (Å²) < 4.78 is 5.05. The second-order valence-corrected chi connectivity index (χ2v) is 6.34. The Balaban J connectivity index is 1.76. The van der Waals surface area contributed by atoms with E-state index >= 15 is 0 Å². The van der Waals surface area contributed by atoms with Crippen LogP contribution in [0, 0.1) is 6.92 Å². The van der Waals surface area contributed by atoms with Gasteiger partial charge in [0.2, 0.25) is 0 Å². The Morgan fingerprint density at radius 2 is 1.96 bits per heavy atom. The van der Waals surface area contributed by atoms with Gasteiger partial charge in [0.25, 0.3) is 17.7 Å². The summed E-state index contributed by atoms with van der Waals surface area (Å²) >= 11 is 0.981. The SMILES string of the molecule is Cc1ccc(C(=O)Nc2ncc(C(N)=O)s2)cc1NC(=O)c1ccco1. The molecule has 2 heterocycles. The number of furan rings is 1. The number of carbonyl (C=O) groups is 3. The molecule has 3 aromatic rings. The number of rotatable bonds is 5. The summed E-state index contributed by atoms with van der Waals surface area (Å²) in [5, 5.41) is 5.55. The van der Waals surface area contributed by atoms with Gasteiger partial charge in [0.1, 0.15) is 4.88 Å². The van der Waals surface area contributed by atoms with Crippen LogP contribution in [0.4, 0.5) is 10.8 Å². The van der Waals surface area contributed by atoms with Crippen LogP contribution in [0.5, 0.6) is 0 Å². The van der Waals surface area contributed by atoms with Crippen molar-refractivity contribution in [1.82, 2.24) is 4.98 Å². The number of benzene rings is 1. The van der Waals surface area contributed by atoms with Crippen molar-refractivity contribution in [3.05, 3.63) is 64.6 Å². The largest absolute Gasteiger partial charge is 0.459 e. The lowest BCUT2D eigenvalue weighted by atomic mass is 10.1. The van der Waals surface area contributed by atoms with Gasteiger partial charge >= 0.3 is 0 Å². The van der Waals surface area contributed by atoms with E-state index in [9.17, 15) is 14.4 Å². The highest BCUT2D eigenvalue weighted by atomic mass is 32.1. The van der Waals surface area contributed by atoms with E-state index in [1.165, 1.54) is 12.5 Å². The summed E-state index contributed by atoms with van der Waals surface area (Å²) in [5.74, 6) is -1.28. The molecule has 132 valence electrons.